The predicted molar refractivity (Wildman–Crippen MR) is 241 cm³/mol. The lowest BCUT2D eigenvalue weighted by molar-refractivity contribution is -2.00. The summed E-state index contributed by atoms with van der Waals surface area (Å²) in [5, 5.41) is 0. The van der Waals surface area contributed by atoms with Crippen molar-refractivity contribution in [1.82, 2.24) is 0 Å². The third-order valence-electron chi connectivity index (χ3n) is 11.9. The summed E-state index contributed by atoms with van der Waals surface area (Å²) in [4.78, 5) is 0. The van der Waals surface area contributed by atoms with Gasteiger partial charge in [-0.1, -0.05) is 12.1 Å². The first-order valence-corrected chi connectivity index (χ1v) is 31.1. The van der Waals surface area contributed by atoms with Crippen molar-refractivity contribution in [3.8, 4) is 23.0 Å². The Hall–Kier alpha value is -3.94. The van der Waals surface area contributed by atoms with Gasteiger partial charge in [-0.3, -0.25) is 0 Å². The van der Waals surface area contributed by atoms with E-state index in [1.54, 1.807) is 0 Å². The molecule has 0 bridgehead atoms. The number of fused-ring (bicyclic) bond motifs is 2. The molecule has 4 heterocycles. The Morgan fingerprint density at radius 1 is 0.291 bits per heavy atom. The molecular weight excluding hydrogens is 1250 g/mol. The number of pyridine rings is 2. The van der Waals surface area contributed by atoms with Crippen molar-refractivity contribution in [1.29, 1.82) is 0 Å². The molecule has 7 rings (SSSR count). The molecule has 1 fully saturated rings. The minimum Gasteiger partial charge on any atom is -0.487 e. The average Bonchev–Trinajstić information content (AvgIpc) is 0.723. The Balaban J connectivity index is 0.000000835. The van der Waals surface area contributed by atoms with Gasteiger partial charge in [-0.25, -0.2) is 74.5 Å². The summed E-state index contributed by atoms with van der Waals surface area (Å²) in [5.74, 6) is 2.92. The molecule has 1 aliphatic carbocycles. The molecule has 3 aliphatic rings. The number of hydrogen-bond acceptors (Lipinski definition) is 28. The number of benzene rings is 2. The highest BCUT2D eigenvalue weighted by Gasteiger charge is 2.53. The van der Waals surface area contributed by atoms with Crippen LogP contribution in [0.1, 0.15) is 45.9 Å². The summed E-state index contributed by atoms with van der Waals surface area (Å²) in [6, 6.07) is 21.9. The van der Waals surface area contributed by atoms with Crippen molar-refractivity contribution in [3.63, 3.8) is 0 Å². The molecule has 32 nitrogen and oxygen atoms in total. The average molecular weight is 1320 g/mol. The summed E-state index contributed by atoms with van der Waals surface area (Å²) >= 11 is 0. The maximum Gasteiger partial charge on any atom is 0.196 e. The molecular formula is C50H72Cl4N4O28. The van der Waals surface area contributed by atoms with Crippen LogP contribution in [0.5, 0.6) is 23.0 Å². The lowest BCUT2D eigenvalue weighted by atomic mass is 9.49. The maximum absolute atomic E-state index is 8.49. The minimum absolute atomic E-state index is 0.0601. The molecule has 86 heavy (non-hydrogen) atoms. The van der Waals surface area contributed by atoms with Gasteiger partial charge in [-0.05, 0) is 70.2 Å². The summed E-state index contributed by atoms with van der Waals surface area (Å²) in [5.41, 5.74) is 13.0. The number of ether oxygens (including phenoxy) is 12. The summed E-state index contributed by atoms with van der Waals surface area (Å²) in [6.45, 7) is 12.3. The molecule has 6 N–H and O–H groups in total. The van der Waals surface area contributed by atoms with Gasteiger partial charge in [0.25, 0.3) is 0 Å². The smallest absolute Gasteiger partial charge is 0.196 e. The zero-order chi connectivity index (χ0) is 63.4. The van der Waals surface area contributed by atoms with Crippen molar-refractivity contribution in [2.45, 2.75) is 36.8 Å². The van der Waals surface area contributed by atoms with E-state index in [2.05, 4.69) is 93.9 Å². The van der Waals surface area contributed by atoms with Gasteiger partial charge in [0.1, 0.15) is 39.5 Å². The van der Waals surface area contributed by atoms with Crippen molar-refractivity contribution >= 4 is 0 Å². The second-order valence-electron chi connectivity index (χ2n) is 17.8. The first kappa shape index (κ1) is 76.3. The molecule has 2 aromatic heterocycles. The van der Waals surface area contributed by atoms with E-state index in [9.17, 15) is 0 Å². The van der Waals surface area contributed by atoms with Gasteiger partial charge >= 0.3 is 0 Å². The molecule has 0 spiro atoms. The van der Waals surface area contributed by atoms with E-state index >= 15 is 0 Å². The van der Waals surface area contributed by atoms with Crippen LogP contribution in [0.3, 0.4) is 0 Å². The number of halogens is 4. The summed E-state index contributed by atoms with van der Waals surface area (Å²) in [6.07, 6.45) is 8.69. The number of aromatic nitrogens is 2. The molecule has 0 radical (unpaired) electrons. The zero-order valence-electron chi connectivity index (χ0n) is 46.6. The summed E-state index contributed by atoms with van der Waals surface area (Å²) in [7, 11) is -19.8. The zero-order valence-corrected chi connectivity index (χ0v) is 49.6. The number of rotatable bonds is 8. The van der Waals surface area contributed by atoms with E-state index in [1.165, 1.54) is 11.1 Å². The first-order chi connectivity index (χ1) is 40.7. The van der Waals surface area contributed by atoms with Crippen LogP contribution >= 0.6 is 0 Å². The van der Waals surface area contributed by atoms with Gasteiger partial charge in [0.15, 0.2) is 60.9 Å². The van der Waals surface area contributed by atoms with E-state index in [4.69, 9.17) is 131 Å². The Kier molecular flexibility index (Phi) is 36.7. The number of hydrogen-bond donors (Lipinski definition) is 2. The quantitative estimate of drug-likeness (QED) is 0.155. The van der Waals surface area contributed by atoms with Crippen LogP contribution in [0, 0.1) is 41.0 Å². The molecule has 0 saturated heterocycles. The van der Waals surface area contributed by atoms with Gasteiger partial charge in [0.05, 0.1) is 106 Å². The SMILES string of the molecule is [NH3+]CC[n+]1ccc(C2C(c3ccc4c(c3)OCCOCCOCCOCCOCCO4)C(c3cc[n+](CC[NH3+])cc3)C2c2ccc3c(c2)OCCOCCOCCOCCOCCO3)cc1.[O-][Cl+3]([O-])([O-])[O-].[O-][Cl+3]([O-])([O-])[O-].[O-][Cl+3]([O-])([O-])[O-].[O-][Cl+3]([O-])([O-])[O-]. The second kappa shape index (κ2) is 41.4. The van der Waals surface area contributed by atoms with Crippen molar-refractivity contribution in [3.05, 3.63) is 108 Å². The second-order valence-corrected chi connectivity index (χ2v) is 20.8. The van der Waals surface area contributed by atoms with Crippen LogP contribution in [0.15, 0.2) is 85.5 Å². The first-order valence-electron chi connectivity index (χ1n) is 26.2. The Morgan fingerprint density at radius 3 is 0.709 bits per heavy atom. The third kappa shape index (κ3) is 35.9. The molecule has 488 valence electrons. The fourth-order valence-electron chi connectivity index (χ4n) is 8.75. The van der Waals surface area contributed by atoms with Crippen LogP contribution in [0.25, 0.3) is 0 Å². The Labute approximate surface area is 503 Å². The molecule has 2 aromatic carbocycles. The Morgan fingerprint density at radius 2 is 0.488 bits per heavy atom. The monoisotopic (exact) mass is 1320 g/mol. The lowest BCUT2D eigenvalue weighted by Gasteiger charge is -2.53. The highest BCUT2D eigenvalue weighted by molar-refractivity contribution is 5.53. The van der Waals surface area contributed by atoms with Crippen LogP contribution < -0.4 is 114 Å². The van der Waals surface area contributed by atoms with E-state index in [0.717, 1.165) is 37.3 Å². The minimum atomic E-state index is -4.94. The van der Waals surface area contributed by atoms with Gasteiger partial charge in [-0.15, -0.1) is 41.0 Å². The van der Waals surface area contributed by atoms with Gasteiger partial charge in [0.2, 0.25) is 0 Å². The highest BCUT2D eigenvalue weighted by atomic mass is 35.7. The normalized spacial score (nSPS) is 20.4. The highest BCUT2D eigenvalue weighted by Crippen LogP contribution is 2.67. The third-order valence-corrected chi connectivity index (χ3v) is 11.9. The van der Waals surface area contributed by atoms with Gasteiger partial charge in [0, 0.05) is 24.3 Å². The van der Waals surface area contributed by atoms with E-state index in [-0.39, 0.29) is 23.7 Å². The Bertz CT molecular complexity index is 2190. The molecule has 0 amide bonds. The van der Waals surface area contributed by atoms with Crippen LogP contribution in [0.2, 0.25) is 0 Å². The molecule has 2 aliphatic heterocycles. The van der Waals surface area contributed by atoms with Crippen LogP contribution in [-0.4, -0.2) is 145 Å². The number of nitrogens with zero attached hydrogens (tertiary/aromatic N) is 2. The van der Waals surface area contributed by atoms with Crippen LogP contribution in [0.4, 0.5) is 0 Å². The van der Waals surface area contributed by atoms with E-state index < -0.39 is 41.0 Å². The molecule has 0 atom stereocenters. The molecule has 1 saturated carbocycles. The van der Waals surface area contributed by atoms with Crippen LogP contribution in [-0.2, 0) is 51.0 Å². The van der Waals surface area contributed by atoms with E-state index in [0.29, 0.717) is 155 Å². The lowest BCUT2D eigenvalue weighted by Crippen LogP contribution is -2.68. The van der Waals surface area contributed by atoms with Crippen molar-refractivity contribution in [2.75, 3.05) is 145 Å². The summed E-state index contributed by atoms with van der Waals surface area (Å²) < 4.78 is 212. The van der Waals surface area contributed by atoms with Crippen molar-refractivity contribution < 1.29 is 193 Å². The van der Waals surface area contributed by atoms with Crippen molar-refractivity contribution in [2.24, 2.45) is 0 Å². The molecule has 4 aromatic rings. The largest absolute Gasteiger partial charge is 0.487 e. The predicted octanol–water partition coefficient (Wildman–Crippen LogP) is -17.2. The maximum atomic E-state index is 8.49. The van der Waals surface area contributed by atoms with Gasteiger partial charge in [-0.2, -0.15) is 9.13 Å². The molecule has 36 heteroatoms. The molecule has 0 unspecified atom stereocenters. The fraction of sp³-hybridized carbons (Fsp3) is 0.560. The fourth-order valence-corrected chi connectivity index (χ4v) is 8.75. The van der Waals surface area contributed by atoms with Gasteiger partial charge < -0.3 is 68.3 Å². The number of quaternary nitrogens is 2. The standard InChI is InChI=1S/C50H70N4O12.4ClHO4/c51-9-15-53-11-5-39(6-12-53)47-49(41-1-3-43-45(37-41)65-35-31-61-27-23-57-19-17-55-21-25-59-29-33-63-43)48(40-7-13-54(14-8-40)16-10-52)50(47)42-2-4-44-46(38-42)66-36-32-62-28-24-58-20-18-56-22-26-60-30-34-64-44;4*2-1(3,4)5/h1-8,11-14,37-38,47-50H,9-10,15-36,51-52H2;4*(H,2,3,4,5)/q+2;;;;/p-2. The van der Waals surface area contributed by atoms with E-state index in [1.807, 2.05) is 12.1 Å². The topological polar surface area (TPSA) is 543 Å².